The Morgan fingerprint density at radius 2 is 2.00 bits per heavy atom. The number of ketones is 1. The van der Waals surface area contributed by atoms with E-state index in [1.165, 1.54) is 5.56 Å². The molecule has 0 aliphatic carbocycles. The van der Waals surface area contributed by atoms with E-state index in [1.54, 1.807) is 20.2 Å². The van der Waals surface area contributed by atoms with E-state index >= 15 is 0 Å². The van der Waals surface area contributed by atoms with Gasteiger partial charge >= 0.3 is 0 Å². The number of benzene rings is 1. The SMILES string of the molecule is CCc1cccc(-n2c(C)c(C=NC)c(C(C)=O)c2C)c1. The van der Waals surface area contributed by atoms with Gasteiger partial charge in [0.15, 0.2) is 5.78 Å². The van der Waals surface area contributed by atoms with Crippen LogP contribution in [0.5, 0.6) is 0 Å². The summed E-state index contributed by atoms with van der Waals surface area (Å²) in [6.07, 6.45) is 2.77. The molecule has 0 spiro atoms. The molecule has 3 nitrogen and oxygen atoms in total. The lowest BCUT2D eigenvalue weighted by Crippen LogP contribution is -2.01. The van der Waals surface area contributed by atoms with Crippen LogP contribution in [0.2, 0.25) is 0 Å². The van der Waals surface area contributed by atoms with Crippen LogP contribution < -0.4 is 0 Å². The summed E-state index contributed by atoms with van der Waals surface area (Å²) in [5.74, 6) is 0.0795. The van der Waals surface area contributed by atoms with Gasteiger partial charge in [0.05, 0.1) is 0 Å². The van der Waals surface area contributed by atoms with Crippen molar-refractivity contribution in [2.45, 2.75) is 34.1 Å². The molecule has 110 valence electrons. The fraction of sp³-hybridized carbons (Fsp3) is 0.333. The maximum absolute atomic E-state index is 12.0. The summed E-state index contributed by atoms with van der Waals surface area (Å²) in [6, 6.07) is 8.44. The number of aryl methyl sites for hydroxylation is 1. The van der Waals surface area contributed by atoms with Crippen LogP contribution in [0.15, 0.2) is 29.3 Å². The second-order valence-corrected chi connectivity index (χ2v) is 5.26. The average molecular weight is 282 g/mol. The second-order valence-electron chi connectivity index (χ2n) is 5.26. The molecule has 0 atom stereocenters. The first kappa shape index (κ1) is 15.2. The van der Waals surface area contributed by atoms with Gasteiger partial charge in [-0.15, -0.1) is 0 Å². The number of carbonyl (C=O) groups excluding carboxylic acids is 1. The van der Waals surface area contributed by atoms with Crippen molar-refractivity contribution in [2.24, 2.45) is 4.99 Å². The van der Waals surface area contributed by atoms with Crippen molar-refractivity contribution < 1.29 is 4.79 Å². The van der Waals surface area contributed by atoms with E-state index in [0.717, 1.165) is 34.6 Å². The molecule has 3 heteroatoms. The fourth-order valence-electron chi connectivity index (χ4n) is 2.89. The fourth-order valence-corrected chi connectivity index (χ4v) is 2.89. The second kappa shape index (κ2) is 6.08. The molecule has 0 unspecified atom stereocenters. The van der Waals surface area contributed by atoms with Crippen molar-refractivity contribution in [2.75, 3.05) is 7.05 Å². The quantitative estimate of drug-likeness (QED) is 0.618. The standard InChI is InChI=1S/C18H22N2O/c1-6-15-8-7-9-16(10-15)20-12(2)17(11-19-5)18(13(20)3)14(4)21/h7-11H,6H2,1-5H3. The number of carbonyl (C=O) groups is 1. The molecule has 21 heavy (non-hydrogen) atoms. The highest BCUT2D eigenvalue weighted by molar-refractivity contribution is 6.04. The van der Waals surface area contributed by atoms with Crippen LogP contribution in [0, 0.1) is 13.8 Å². The summed E-state index contributed by atoms with van der Waals surface area (Å²) in [7, 11) is 1.73. The average Bonchev–Trinajstić information content (AvgIpc) is 2.70. The van der Waals surface area contributed by atoms with E-state index in [9.17, 15) is 4.79 Å². The third-order valence-corrected chi connectivity index (χ3v) is 3.88. The van der Waals surface area contributed by atoms with E-state index in [4.69, 9.17) is 0 Å². The topological polar surface area (TPSA) is 34.4 Å². The van der Waals surface area contributed by atoms with Gasteiger partial charge in [0.1, 0.15) is 0 Å². The molecule has 1 aromatic heterocycles. The Balaban J connectivity index is 2.74. The molecule has 0 saturated heterocycles. The van der Waals surface area contributed by atoms with E-state index in [1.807, 2.05) is 13.8 Å². The Morgan fingerprint density at radius 1 is 1.29 bits per heavy atom. The lowest BCUT2D eigenvalue weighted by atomic mass is 10.1. The highest BCUT2D eigenvalue weighted by atomic mass is 16.1. The van der Waals surface area contributed by atoms with Gasteiger partial charge in [0.25, 0.3) is 0 Å². The molecule has 2 rings (SSSR count). The van der Waals surface area contributed by atoms with Gasteiger partial charge in [0, 0.05) is 41.5 Å². The zero-order chi connectivity index (χ0) is 15.6. The minimum absolute atomic E-state index is 0.0795. The number of aliphatic imine (C=N–C) groups is 1. The first-order valence-electron chi connectivity index (χ1n) is 7.25. The van der Waals surface area contributed by atoms with Crippen molar-refractivity contribution in [1.29, 1.82) is 0 Å². The third kappa shape index (κ3) is 2.68. The van der Waals surface area contributed by atoms with Gasteiger partial charge in [0.2, 0.25) is 0 Å². The molecule has 0 fully saturated rings. The lowest BCUT2D eigenvalue weighted by molar-refractivity contribution is 0.101. The van der Waals surface area contributed by atoms with Gasteiger partial charge < -0.3 is 4.57 Å². The summed E-state index contributed by atoms with van der Waals surface area (Å²) >= 11 is 0. The Bertz CT molecular complexity index is 708. The number of hydrogen-bond donors (Lipinski definition) is 0. The largest absolute Gasteiger partial charge is 0.317 e. The van der Waals surface area contributed by atoms with Crippen LogP contribution in [-0.2, 0) is 6.42 Å². The molecule has 0 aliphatic heterocycles. The summed E-state index contributed by atoms with van der Waals surface area (Å²) in [5.41, 5.74) is 6.10. The number of Topliss-reactive ketones (excluding diaryl/α,β-unsaturated/α-hetero) is 1. The van der Waals surface area contributed by atoms with Crippen LogP contribution in [0.3, 0.4) is 0 Å². The maximum Gasteiger partial charge on any atom is 0.162 e. The monoisotopic (exact) mass is 282 g/mol. The molecule has 0 saturated carbocycles. The van der Waals surface area contributed by atoms with Crippen LogP contribution in [0.1, 0.15) is 46.7 Å². The normalized spacial score (nSPS) is 11.3. The molecular formula is C18H22N2O. The molecule has 0 radical (unpaired) electrons. The Labute approximate surface area is 126 Å². The molecule has 1 heterocycles. The van der Waals surface area contributed by atoms with Crippen molar-refractivity contribution in [3.63, 3.8) is 0 Å². The minimum atomic E-state index is 0.0795. The first-order valence-corrected chi connectivity index (χ1v) is 7.25. The van der Waals surface area contributed by atoms with Gasteiger partial charge in [-0.1, -0.05) is 19.1 Å². The predicted molar refractivity (Wildman–Crippen MR) is 88.1 cm³/mol. The van der Waals surface area contributed by atoms with Gasteiger partial charge in [-0.05, 0) is 44.9 Å². The summed E-state index contributed by atoms with van der Waals surface area (Å²) in [5, 5.41) is 0. The van der Waals surface area contributed by atoms with Crippen molar-refractivity contribution in [3.05, 3.63) is 52.3 Å². The Hall–Kier alpha value is -2.16. The molecule has 1 aromatic carbocycles. The zero-order valence-corrected chi connectivity index (χ0v) is 13.4. The maximum atomic E-state index is 12.0. The molecule has 0 N–H and O–H groups in total. The smallest absolute Gasteiger partial charge is 0.162 e. The lowest BCUT2D eigenvalue weighted by Gasteiger charge is -2.11. The Morgan fingerprint density at radius 3 is 2.57 bits per heavy atom. The first-order chi connectivity index (χ1) is 10.0. The third-order valence-electron chi connectivity index (χ3n) is 3.88. The number of hydrogen-bond acceptors (Lipinski definition) is 2. The summed E-state index contributed by atoms with van der Waals surface area (Å²) in [4.78, 5) is 16.1. The molecular weight excluding hydrogens is 260 g/mol. The number of nitrogens with zero attached hydrogens (tertiary/aromatic N) is 2. The van der Waals surface area contributed by atoms with E-state index in [2.05, 4.69) is 40.7 Å². The van der Waals surface area contributed by atoms with E-state index in [-0.39, 0.29) is 5.78 Å². The number of rotatable bonds is 4. The van der Waals surface area contributed by atoms with Gasteiger partial charge in [-0.2, -0.15) is 0 Å². The van der Waals surface area contributed by atoms with Crippen LogP contribution in [0.25, 0.3) is 5.69 Å². The van der Waals surface area contributed by atoms with Crippen molar-refractivity contribution in [3.8, 4) is 5.69 Å². The summed E-state index contributed by atoms with van der Waals surface area (Å²) in [6.45, 7) is 7.79. The van der Waals surface area contributed by atoms with Crippen LogP contribution >= 0.6 is 0 Å². The predicted octanol–water partition coefficient (Wildman–Crippen LogP) is 3.91. The Kier molecular flexibility index (Phi) is 4.41. The highest BCUT2D eigenvalue weighted by Crippen LogP contribution is 2.26. The highest BCUT2D eigenvalue weighted by Gasteiger charge is 2.20. The van der Waals surface area contributed by atoms with Gasteiger partial charge in [-0.3, -0.25) is 9.79 Å². The molecule has 2 aromatic rings. The molecule has 0 amide bonds. The van der Waals surface area contributed by atoms with Crippen LogP contribution in [0.4, 0.5) is 0 Å². The summed E-state index contributed by atoms with van der Waals surface area (Å²) < 4.78 is 2.15. The molecule has 0 aliphatic rings. The minimum Gasteiger partial charge on any atom is -0.317 e. The van der Waals surface area contributed by atoms with E-state index < -0.39 is 0 Å². The van der Waals surface area contributed by atoms with Crippen molar-refractivity contribution in [1.82, 2.24) is 4.57 Å². The van der Waals surface area contributed by atoms with Crippen molar-refractivity contribution >= 4 is 12.0 Å². The van der Waals surface area contributed by atoms with Crippen LogP contribution in [-0.4, -0.2) is 23.6 Å². The van der Waals surface area contributed by atoms with Gasteiger partial charge in [-0.25, -0.2) is 0 Å². The number of aromatic nitrogens is 1. The van der Waals surface area contributed by atoms with E-state index in [0.29, 0.717) is 0 Å². The molecule has 0 bridgehead atoms. The zero-order valence-electron chi connectivity index (χ0n) is 13.4.